The first-order valence-corrected chi connectivity index (χ1v) is 11.5. The Hall–Kier alpha value is -3.59. The maximum atomic E-state index is 13.3. The van der Waals surface area contributed by atoms with Crippen molar-refractivity contribution in [2.45, 2.75) is 25.3 Å². The van der Waals surface area contributed by atoms with Gasteiger partial charge in [-0.2, -0.15) is 5.10 Å². The average Bonchev–Trinajstić information content (AvgIpc) is 3.22. The number of hydrogen-bond acceptors (Lipinski definition) is 5. The van der Waals surface area contributed by atoms with Gasteiger partial charge in [-0.05, 0) is 48.9 Å². The zero-order valence-corrected chi connectivity index (χ0v) is 18.6. The second-order valence-electron chi connectivity index (χ2n) is 6.85. The standard InChI is InChI=1S/C23H23FN4O3S/c1-4-20(21-15-27-28(22(21)5-2)18-9-7-17(24)8-10-18)23(29)26-13-16-11-19(14-25-12-16)32(30,31)6-3/h4-5,7-12,14-15H,2,6,13H2,1,3H3,(H,26,29)/b20-4+. The van der Waals surface area contributed by atoms with Gasteiger partial charge in [0.1, 0.15) is 5.82 Å². The summed E-state index contributed by atoms with van der Waals surface area (Å²) in [4.78, 5) is 17.0. The lowest BCUT2D eigenvalue weighted by Gasteiger charge is -2.10. The van der Waals surface area contributed by atoms with Gasteiger partial charge in [0.15, 0.2) is 9.84 Å². The first kappa shape index (κ1) is 23.1. The molecule has 3 aromatic rings. The van der Waals surface area contributed by atoms with E-state index >= 15 is 0 Å². The number of amides is 1. The van der Waals surface area contributed by atoms with Crippen molar-refractivity contribution in [3.8, 4) is 5.69 Å². The Morgan fingerprint density at radius 2 is 1.94 bits per heavy atom. The topological polar surface area (TPSA) is 93.9 Å². The number of sulfone groups is 1. The van der Waals surface area contributed by atoms with Gasteiger partial charge in [-0.15, -0.1) is 0 Å². The van der Waals surface area contributed by atoms with Crippen molar-refractivity contribution in [2.75, 3.05) is 5.75 Å². The zero-order chi connectivity index (χ0) is 23.3. The van der Waals surface area contributed by atoms with E-state index in [1.165, 1.54) is 30.6 Å². The summed E-state index contributed by atoms with van der Waals surface area (Å²) < 4.78 is 39.0. The minimum Gasteiger partial charge on any atom is -0.348 e. The Labute approximate surface area is 186 Å². The zero-order valence-electron chi connectivity index (χ0n) is 17.7. The van der Waals surface area contributed by atoms with E-state index in [1.807, 2.05) is 0 Å². The molecule has 0 bridgehead atoms. The van der Waals surface area contributed by atoms with Gasteiger partial charge in [-0.25, -0.2) is 17.5 Å². The number of rotatable bonds is 8. The lowest BCUT2D eigenvalue weighted by Crippen LogP contribution is -2.24. The van der Waals surface area contributed by atoms with E-state index in [4.69, 9.17) is 0 Å². The molecule has 0 aliphatic rings. The predicted octanol–water partition coefficient (Wildman–Crippen LogP) is 3.56. The number of hydrogen-bond donors (Lipinski definition) is 1. The van der Waals surface area contributed by atoms with Crippen molar-refractivity contribution in [3.05, 3.63) is 84.2 Å². The molecule has 1 aromatic carbocycles. The van der Waals surface area contributed by atoms with Crippen LogP contribution in [0.25, 0.3) is 17.3 Å². The van der Waals surface area contributed by atoms with Crippen LogP contribution in [0.5, 0.6) is 0 Å². The molecule has 166 valence electrons. The number of halogens is 1. The van der Waals surface area contributed by atoms with E-state index in [1.54, 1.807) is 49.0 Å². The normalized spacial score (nSPS) is 11.9. The Balaban J connectivity index is 1.82. The summed E-state index contributed by atoms with van der Waals surface area (Å²) in [6.07, 6.45) is 7.58. The smallest absolute Gasteiger partial charge is 0.251 e. The van der Waals surface area contributed by atoms with Crippen LogP contribution >= 0.6 is 0 Å². The first-order valence-electron chi connectivity index (χ1n) is 9.88. The fraction of sp³-hybridized carbons (Fsp3) is 0.174. The highest BCUT2D eigenvalue weighted by Crippen LogP contribution is 2.24. The van der Waals surface area contributed by atoms with Crippen molar-refractivity contribution >= 4 is 27.4 Å². The molecule has 0 fully saturated rings. The van der Waals surface area contributed by atoms with Crippen molar-refractivity contribution in [2.24, 2.45) is 0 Å². The summed E-state index contributed by atoms with van der Waals surface area (Å²) in [6.45, 7) is 7.21. The highest BCUT2D eigenvalue weighted by atomic mass is 32.2. The molecule has 2 heterocycles. The quantitative estimate of drug-likeness (QED) is 0.525. The molecule has 1 N–H and O–H groups in total. The van der Waals surface area contributed by atoms with Crippen molar-refractivity contribution in [1.29, 1.82) is 0 Å². The van der Waals surface area contributed by atoms with Gasteiger partial charge < -0.3 is 5.32 Å². The molecule has 3 rings (SSSR count). The summed E-state index contributed by atoms with van der Waals surface area (Å²) in [6, 6.07) is 7.32. The molecule has 0 unspecified atom stereocenters. The summed E-state index contributed by atoms with van der Waals surface area (Å²) >= 11 is 0. The molecule has 1 amide bonds. The molecular weight excluding hydrogens is 431 g/mol. The van der Waals surface area contributed by atoms with Gasteiger partial charge >= 0.3 is 0 Å². The van der Waals surface area contributed by atoms with Gasteiger partial charge in [0.05, 0.1) is 28.2 Å². The molecule has 2 aromatic heterocycles. The third-order valence-electron chi connectivity index (χ3n) is 4.86. The Kier molecular flexibility index (Phi) is 6.99. The number of carbonyl (C=O) groups excluding carboxylic acids is 1. The van der Waals surface area contributed by atoms with E-state index in [9.17, 15) is 17.6 Å². The van der Waals surface area contributed by atoms with E-state index in [0.717, 1.165) is 0 Å². The summed E-state index contributed by atoms with van der Waals surface area (Å²) in [5.74, 6) is -0.756. The van der Waals surface area contributed by atoms with Crippen LogP contribution < -0.4 is 5.32 Å². The Morgan fingerprint density at radius 3 is 2.56 bits per heavy atom. The molecule has 0 atom stereocenters. The summed E-state index contributed by atoms with van der Waals surface area (Å²) in [5.41, 5.74) is 2.71. The van der Waals surface area contributed by atoms with Gasteiger partial charge in [0.2, 0.25) is 0 Å². The minimum absolute atomic E-state index is 0.0322. The molecule has 0 aliphatic carbocycles. The van der Waals surface area contributed by atoms with E-state index < -0.39 is 9.84 Å². The van der Waals surface area contributed by atoms with E-state index in [2.05, 4.69) is 22.0 Å². The Bertz CT molecular complexity index is 1280. The average molecular weight is 455 g/mol. The number of benzene rings is 1. The first-order chi connectivity index (χ1) is 15.3. The molecule has 9 heteroatoms. The van der Waals surface area contributed by atoms with Crippen LogP contribution in [-0.2, 0) is 21.2 Å². The lowest BCUT2D eigenvalue weighted by atomic mass is 10.1. The van der Waals surface area contributed by atoms with Crippen LogP contribution in [0.2, 0.25) is 0 Å². The third kappa shape index (κ3) is 4.83. The monoisotopic (exact) mass is 454 g/mol. The van der Waals surface area contributed by atoms with Crippen LogP contribution in [0, 0.1) is 5.82 Å². The number of aromatic nitrogens is 3. The van der Waals surface area contributed by atoms with E-state index in [-0.39, 0.29) is 28.9 Å². The third-order valence-corrected chi connectivity index (χ3v) is 6.56. The molecule has 0 aliphatic heterocycles. The minimum atomic E-state index is -3.39. The number of carbonyl (C=O) groups is 1. The molecule has 7 nitrogen and oxygen atoms in total. The lowest BCUT2D eigenvalue weighted by molar-refractivity contribution is -0.115. The Morgan fingerprint density at radius 1 is 1.22 bits per heavy atom. The number of nitrogens with one attached hydrogen (secondary N) is 1. The molecule has 0 radical (unpaired) electrons. The number of pyridine rings is 1. The highest BCUT2D eigenvalue weighted by molar-refractivity contribution is 7.91. The van der Waals surface area contributed by atoms with Crippen molar-refractivity contribution in [3.63, 3.8) is 0 Å². The molecular formula is C23H23FN4O3S. The van der Waals surface area contributed by atoms with Crippen LogP contribution in [0.3, 0.4) is 0 Å². The van der Waals surface area contributed by atoms with E-state index in [0.29, 0.717) is 28.1 Å². The van der Waals surface area contributed by atoms with Crippen molar-refractivity contribution in [1.82, 2.24) is 20.1 Å². The number of nitrogens with zero attached hydrogens (tertiary/aromatic N) is 3. The SMILES string of the molecule is C=Cc1c(/C(=C\C)C(=O)NCc2cncc(S(=O)(=O)CC)c2)cnn1-c1ccc(F)cc1. The fourth-order valence-corrected chi connectivity index (χ4v) is 4.02. The van der Waals surface area contributed by atoms with Gasteiger partial charge in [0, 0.05) is 30.1 Å². The maximum absolute atomic E-state index is 13.3. The molecule has 0 spiro atoms. The summed E-state index contributed by atoms with van der Waals surface area (Å²) in [7, 11) is -3.39. The van der Waals surface area contributed by atoms with Crippen LogP contribution in [0.1, 0.15) is 30.7 Å². The highest BCUT2D eigenvalue weighted by Gasteiger charge is 2.19. The van der Waals surface area contributed by atoms with Crippen molar-refractivity contribution < 1.29 is 17.6 Å². The van der Waals surface area contributed by atoms with Gasteiger partial charge in [0.25, 0.3) is 5.91 Å². The number of allylic oxidation sites excluding steroid dienone is 1. The summed E-state index contributed by atoms with van der Waals surface area (Å²) in [5, 5.41) is 7.12. The second kappa shape index (κ2) is 9.69. The molecule has 0 saturated heterocycles. The maximum Gasteiger partial charge on any atom is 0.251 e. The van der Waals surface area contributed by atoms with Gasteiger partial charge in [-0.1, -0.05) is 19.6 Å². The molecule has 0 saturated carbocycles. The van der Waals surface area contributed by atoms with Gasteiger partial charge in [-0.3, -0.25) is 9.78 Å². The largest absolute Gasteiger partial charge is 0.348 e. The second-order valence-corrected chi connectivity index (χ2v) is 9.13. The predicted molar refractivity (Wildman–Crippen MR) is 121 cm³/mol. The van der Waals surface area contributed by atoms with Crippen LogP contribution in [-0.4, -0.2) is 34.8 Å². The van der Waals surface area contributed by atoms with Crippen LogP contribution in [0.15, 0.2) is 66.5 Å². The molecule has 32 heavy (non-hydrogen) atoms. The fourth-order valence-electron chi connectivity index (χ4n) is 3.13. The van der Waals surface area contributed by atoms with Crippen LogP contribution in [0.4, 0.5) is 4.39 Å².